The minimum atomic E-state index is -0.0162. The maximum absolute atomic E-state index is 11.3. The van der Waals surface area contributed by atoms with E-state index in [-0.39, 0.29) is 10.7 Å². The van der Waals surface area contributed by atoms with Crippen LogP contribution in [0.1, 0.15) is 20.3 Å². The SMILES string of the molecule is CC(C)CC(Br)C(=O)N(C)C. The van der Waals surface area contributed by atoms with Crippen LogP contribution in [0.25, 0.3) is 0 Å². The summed E-state index contributed by atoms with van der Waals surface area (Å²) in [6, 6.07) is 0. The summed E-state index contributed by atoms with van der Waals surface area (Å²) in [4.78, 5) is 12.9. The minimum Gasteiger partial charge on any atom is -0.348 e. The first-order chi connectivity index (χ1) is 4.95. The summed E-state index contributed by atoms with van der Waals surface area (Å²) >= 11 is 3.35. The Morgan fingerprint density at radius 1 is 1.45 bits per heavy atom. The van der Waals surface area contributed by atoms with Gasteiger partial charge >= 0.3 is 0 Å². The van der Waals surface area contributed by atoms with E-state index in [9.17, 15) is 4.79 Å². The topological polar surface area (TPSA) is 20.3 Å². The molecule has 0 heterocycles. The second-order valence-corrected chi connectivity index (χ2v) is 4.44. The van der Waals surface area contributed by atoms with Gasteiger partial charge in [-0.1, -0.05) is 29.8 Å². The van der Waals surface area contributed by atoms with Gasteiger partial charge in [0, 0.05) is 14.1 Å². The lowest BCUT2D eigenvalue weighted by Gasteiger charge is -2.16. The van der Waals surface area contributed by atoms with E-state index in [1.165, 1.54) is 0 Å². The Hall–Kier alpha value is -0.0500. The molecule has 0 aromatic rings. The largest absolute Gasteiger partial charge is 0.348 e. The standard InChI is InChI=1S/C8H16BrNO/c1-6(2)5-7(9)8(11)10(3)4/h6-7H,5H2,1-4H3. The molecular formula is C8H16BrNO. The summed E-state index contributed by atoms with van der Waals surface area (Å²) in [5, 5.41) is 0. The van der Waals surface area contributed by atoms with Gasteiger partial charge in [0.25, 0.3) is 0 Å². The molecule has 0 aliphatic heterocycles. The molecule has 66 valence electrons. The van der Waals surface area contributed by atoms with Crippen LogP contribution in [0.2, 0.25) is 0 Å². The van der Waals surface area contributed by atoms with E-state index in [2.05, 4.69) is 29.8 Å². The van der Waals surface area contributed by atoms with Crippen LogP contribution in [-0.2, 0) is 4.79 Å². The first-order valence-corrected chi connectivity index (χ1v) is 4.72. The molecule has 0 aliphatic carbocycles. The Balaban J connectivity index is 3.83. The van der Waals surface area contributed by atoms with Gasteiger partial charge in [-0.3, -0.25) is 4.79 Å². The van der Waals surface area contributed by atoms with Crippen molar-refractivity contribution in [1.82, 2.24) is 4.90 Å². The van der Waals surface area contributed by atoms with E-state index < -0.39 is 0 Å². The van der Waals surface area contributed by atoms with Crippen molar-refractivity contribution in [2.24, 2.45) is 5.92 Å². The van der Waals surface area contributed by atoms with Crippen LogP contribution < -0.4 is 0 Å². The number of rotatable bonds is 3. The summed E-state index contributed by atoms with van der Waals surface area (Å²) in [6.07, 6.45) is 0.900. The Bertz CT molecular complexity index is 134. The molecule has 0 saturated carbocycles. The van der Waals surface area contributed by atoms with Crippen molar-refractivity contribution in [2.45, 2.75) is 25.1 Å². The molecule has 0 rings (SSSR count). The molecule has 0 aromatic heterocycles. The highest BCUT2D eigenvalue weighted by atomic mass is 79.9. The lowest BCUT2D eigenvalue weighted by Crippen LogP contribution is -2.30. The van der Waals surface area contributed by atoms with E-state index in [0.717, 1.165) is 6.42 Å². The molecule has 0 radical (unpaired) electrons. The first-order valence-electron chi connectivity index (χ1n) is 3.80. The zero-order chi connectivity index (χ0) is 9.02. The van der Waals surface area contributed by atoms with Crippen LogP contribution in [0.3, 0.4) is 0 Å². The summed E-state index contributed by atoms with van der Waals surface area (Å²) < 4.78 is 0. The van der Waals surface area contributed by atoms with Crippen LogP contribution in [-0.4, -0.2) is 29.7 Å². The number of amides is 1. The van der Waals surface area contributed by atoms with E-state index in [1.54, 1.807) is 19.0 Å². The zero-order valence-electron chi connectivity index (χ0n) is 7.60. The third-order valence-corrected chi connectivity index (χ3v) is 2.15. The van der Waals surface area contributed by atoms with Crippen LogP contribution in [0.4, 0.5) is 0 Å². The maximum Gasteiger partial charge on any atom is 0.235 e. The lowest BCUT2D eigenvalue weighted by molar-refractivity contribution is -0.128. The maximum atomic E-state index is 11.3. The van der Waals surface area contributed by atoms with Crippen molar-refractivity contribution in [3.05, 3.63) is 0 Å². The summed E-state index contributed by atoms with van der Waals surface area (Å²) in [6.45, 7) is 4.22. The summed E-state index contributed by atoms with van der Waals surface area (Å²) in [7, 11) is 3.55. The molecule has 3 heteroatoms. The predicted octanol–water partition coefficient (Wildman–Crippen LogP) is 1.88. The Morgan fingerprint density at radius 2 is 1.91 bits per heavy atom. The van der Waals surface area contributed by atoms with Crippen molar-refractivity contribution in [1.29, 1.82) is 0 Å². The molecule has 1 unspecified atom stereocenters. The highest BCUT2D eigenvalue weighted by Gasteiger charge is 2.17. The molecule has 0 fully saturated rings. The van der Waals surface area contributed by atoms with Crippen LogP contribution in [0.15, 0.2) is 0 Å². The highest BCUT2D eigenvalue weighted by molar-refractivity contribution is 9.10. The van der Waals surface area contributed by atoms with Gasteiger partial charge < -0.3 is 4.90 Å². The quantitative estimate of drug-likeness (QED) is 0.667. The van der Waals surface area contributed by atoms with Crippen LogP contribution >= 0.6 is 15.9 Å². The fraction of sp³-hybridized carbons (Fsp3) is 0.875. The smallest absolute Gasteiger partial charge is 0.235 e. The van der Waals surface area contributed by atoms with Gasteiger partial charge in [0.05, 0.1) is 4.83 Å². The van der Waals surface area contributed by atoms with Crippen molar-refractivity contribution in [3.8, 4) is 0 Å². The molecule has 0 aliphatic rings. The number of carbonyl (C=O) groups excluding carboxylic acids is 1. The second kappa shape index (κ2) is 4.75. The van der Waals surface area contributed by atoms with Gasteiger partial charge in [-0.25, -0.2) is 0 Å². The van der Waals surface area contributed by atoms with Crippen molar-refractivity contribution >= 4 is 21.8 Å². The normalized spacial score (nSPS) is 13.3. The molecule has 1 amide bonds. The molecule has 2 nitrogen and oxygen atoms in total. The molecule has 0 bridgehead atoms. The second-order valence-electron chi connectivity index (χ2n) is 3.33. The minimum absolute atomic E-state index is 0.0162. The number of alkyl halides is 1. The predicted molar refractivity (Wildman–Crippen MR) is 50.9 cm³/mol. The molecule has 11 heavy (non-hydrogen) atoms. The van der Waals surface area contributed by atoms with Crippen molar-refractivity contribution in [3.63, 3.8) is 0 Å². The number of hydrogen-bond acceptors (Lipinski definition) is 1. The number of carbonyl (C=O) groups is 1. The number of halogens is 1. The van der Waals surface area contributed by atoms with Crippen LogP contribution in [0, 0.1) is 5.92 Å². The lowest BCUT2D eigenvalue weighted by atomic mass is 10.1. The van der Waals surface area contributed by atoms with Gasteiger partial charge in [0.2, 0.25) is 5.91 Å². The fourth-order valence-corrected chi connectivity index (χ4v) is 1.95. The van der Waals surface area contributed by atoms with Gasteiger partial charge in [-0.15, -0.1) is 0 Å². The van der Waals surface area contributed by atoms with Gasteiger partial charge in [0.1, 0.15) is 0 Å². The van der Waals surface area contributed by atoms with Gasteiger partial charge in [-0.2, -0.15) is 0 Å². The molecule has 0 saturated heterocycles. The Morgan fingerprint density at radius 3 is 2.18 bits per heavy atom. The average Bonchev–Trinajstić information content (AvgIpc) is 1.84. The number of nitrogens with zero attached hydrogens (tertiary/aromatic N) is 1. The van der Waals surface area contributed by atoms with Crippen molar-refractivity contribution < 1.29 is 4.79 Å². The number of hydrogen-bond donors (Lipinski definition) is 0. The highest BCUT2D eigenvalue weighted by Crippen LogP contribution is 2.13. The van der Waals surface area contributed by atoms with Crippen molar-refractivity contribution in [2.75, 3.05) is 14.1 Å². The first kappa shape index (κ1) is 11.0. The van der Waals surface area contributed by atoms with Crippen LogP contribution in [0.5, 0.6) is 0 Å². The third-order valence-electron chi connectivity index (χ3n) is 1.39. The molecule has 0 N–H and O–H groups in total. The third kappa shape index (κ3) is 4.40. The molecular weight excluding hydrogens is 206 g/mol. The Labute approximate surface area is 77.1 Å². The van der Waals surface area contributed by atoms with E-state index >= 15 is 0 Å². The zero-order valence-corrected chi connectivity index (χ0v) is 9.18. The molecule has 0 spiro atoms. The van der Waals surface area contributed by atoms with Gasteiger partial charge in [-0.05, 0) is 12.3 Å². The summed E-state index contributed by atoms with van der Waals surface area (Å²) in [5.74, 6) is 0.710. The van der Waals surface area contributed by atoms with E-state index in [1.807, 2.05) is 0 Å². The Kier molecular flexibility index (Phi) is 4.73. The van der Waals surface area contributed by atoms with E-state index in [0.29, 0.717) is 5.92 Å². The molecule has 0 aromatic carbocycles. The average molecular weight is 222 g/mol. The van der Waals surface area contributed by atoms with E-state index in [4.69, 9.17) is 0 Å². The summed E-state index contributed by atoms with van der Waals surface area (Å²) in [5.41, 5.74) is 0. The molecule has 1 atom stereocenters. The monoisotopic (exact) mass is 221 g/mol. The fourth-order valence-electron chi connectivity index (χ4n) is 0.795. The van der Waals surface area contributed by atoms with Gasteiger partial charge in [0.15, 0.2) is 0 Å².